The van der Waals surface area contributed by atoms with Crippen LogP contribution in [0.3, 0.4) is 0 Å². The monoisotopic (exact) mass is 266 g/mol. The summed E-state index contributed by atoms with van der Waals surface area (Å²) in [7, 11) is 0.392. The maximum Gasteiger partial charge on any atom is 0.269 e. The van der Waals surface area contributed by atoms with E-state index in [2.05, 4.69) is 55.6 Å². The van der Waals surface area contributed by atoms with Crippen molar-refractivity contribution in [2.75, 3.05) is 6.61 Å². The molecule has 0 spiro atoms. The van der Waals surface area contributed by atoms with E-state index in [9.17, 15) is 0 Å². The summed E-state index contributed by atoms with van der Waals surface area (Å²) in [5, 5.41) is 3.82. The van der Waals surface area contributed by atoms with Gasteiger partial charge >= 0.3 is 0 Å². The zero-order chi connectivity index (χ0) is 13.5. The molecule has 0 fully saturated rings. The molecule has 19 heavy (non-hydrogen) atoms. The van der Waals surface area contributed by atoms with Crippen LogP contribution in [-0.4, -0.2) is 16.4 Å². The molecular weight excluding hydrogens is 248 g/mol. The molecule has 2 rings (SSSR count). The van der Waals surface area contributed by atoms with Crippen LogP contribution in [0.25, 0.3) is 10.8 Å². The van der Waals surface area contributed by atoms with Crippen LogP contribution in [-0.2, 0) is 4.43 Å². The summed E-state index contributed by atoms with van der Waals surface area (Å²) in [6.07, 6.45) is 4.78. The van der Waals surface area contributed by atoms with E-state index in [1.807, 2.05) is 12.2 Å². The van der Waals surface area contributed by atoms with Crippen molar-refractivity contribution in [3.63, 3.8) is 0 Å². The Morgan fingerprint density at radius 3 is 2.58 bits per heavy atom. The molecule has 0 saturated heterocycles. The first-order valence-corrected chi connectivity index (χ1v) is 7.36. The number of fused-ring (bicyclic) bond motifs is 1. The molecule has 0 atom stereocenters. The fraction of sp³-hybridized carbons (Fsp3) is 0.176. The number of benzene rings is 2. The molecule has 2 aromatic rings. The van der Waals surface area contributed by atoms with Crippen molar-refractivity contribution in [3.05, 3.63) is 67.8 Å². The highest BCUT2D eigenvalue weighted by Crippen LogP contribution is 2.10. The zero-order valence-corrected chi connectivity index (χ0v) is 12.0. The Hall–Kier alpha value is -1.64. The lowest BCUT2D eigenvalue weighted by Gasteiger charge is -2.08. The Morgan fingerprint density at radius 2 is 1.79 bits per heavy atom. The van der Waals surface area contributed by atoms with E-state index < -0.39 is 0 Å². The molecule has 0 N–H and O–H groups in total. The lowest BCUT2D eigenvalue weighted by atomic mass is 10.1. The first kappa shape index (κ1) is 13.8. The maximum atomic E-state index is 5.79. The van der Waals surface area contributed by atoms with Crippen LogP contribution in [0.1, 0.15) is 6.42 Å². The summed E-state index contributed by atoms with van der Waals surface area (Å²) in [5.41, 5.74) is 0. The number of hydrogen-bond donors (Lipinski definition) is 0. The lowest BCUT2D eigenvalue weighted by Crippen LogP contribution is -2.19. The Labute approximate surface area is 117 Å². The predicted octanol–water partition coefficient (Wildman–Crippen LogP) is 3.48. The van der Waals surface area contributed by atoms with Gasteiger partial charge in [-0.2, -0.15) is 0 Å². The average molecular weight is 266 g/mol. The average Bonchev–Trinajstić information content (AvgIpc) is 2.47. The van der Waals surface area contributed by atoms with Crippen LogP contribution >= 0.6 is 0 Å². The Bertz CT molecular complexity index is 549. The second kappa shape index (κ2) is 7.07. The molecule has 1 nitrogen and oxygen atoms in total. The normalized spacial score (nSPS) is 10.8. The summed E-state index contributed by atoms with van der Waals surface area (Å²) >= 11 is 0. The van der Waals surface area contributed by atoms with Gasteiger partial charge in [-0.1, -0.05) is 54.6 Å². The summed E-state index contributed by atoms with van der Waals surface area (Å²) in [4.78, 5) is 0. The van der Waals surface area contributed by atoms with E-state index in [1.165, 1.54) is 16.0 Å². The third-order valence-corrected chi connectivity index (χ3v) is 4.13. The Morgan fingerprint density at radius 1 is 1.05 bits per heavy atom. The molecular formula is C17H18OSi. The van der Waals surface area contributed by atoms with E-state index >= 15 is 0 Å². The van der Waals surface area contributed by atoms with Crippen molar-refractivity contribution in [2.24, 2.45) is 5.92 Å². The lowest BCUT2D eigenvalue weighted by molar-refractivity contribution is 0.323. The van der Waals surface area contributed by atoms with Crippen molar-refractivity contribution in [3.8, 4) is 0 Å². The van der Waals surface area contributed by atoms with Crippen molar-refractivity contribution >= 4 is 25.7 Å². The van der Waals surface area contributed by atoms with E-state index in [1.54, 1.807) is 0 Å². The van der Waals surface area contributed by atoms with Crippen molar-refractivity contribution in [1.29, 1.82) is 0 Å². The van der Waals surface area contributed by atoms with Crippen LogP contribution < -0.4 is 5.19 Å². The summed E-state index contributed by atoms with van der Waals surface area (Å²) in [6, 6.07) is 14.8. The first-order chi connectivity index (χ1) is 9.35. The van der Waals surface area contributed by atoms with Crippen molar-refractivity contribution < 1.29 is 4.43 Å². The van der Waals surface area contributed by atoms with Crippen molar-refractivity contribution in [2.45, 2.75) is 6.42 Å². The maximum absolute atomic E-state index is 5.79. The van der Waals surface area contributed by atoms with Crippen LogP contribution in [0.2, 0.25) is 0 Å². The van der Waals surface area contributed by atoms with Crippen LogP contribution in [0.5, 0.6) is 0 Å². The second-order valence-corrected chi connectivity index (χ2v) is 5.43. The minimum Gasteiger partial charge on any atom is -0.411 e. The van der Waals surface area contributed by atoms with Gasteiger partial charge < -0.3 is 4.43 Å². The Balaban J connectivity index is 1.95. The summed E-state index contributed by atoms with van der Waals surface area (Å²) < 4.78 is 5.79. The van der Waals surface area contributed by atoms with Gasteiger partial charge in [-0.15, -0.1) is 13.2 Å². The number of rotatable bonds is 7. The fourth-order valence-corrected chi connectivity index (χ4v) is 2.85. The molecule has 0 aromatic heterocycles. The molecule has 0 aliphatic heterocycles. The third kappa shape index (κ3) is 3.66. The molecule has 0 saturated carbocycles. The van der Waals surface area contributed by atoms with E-state index in [4.69, 9.17) is 4.43 Å². The van der Waals surface area contributed by atoms with Gasteiger partial charge in [0.25, 0.3) is 9.76 Å². The van der Waals surface area contributed by atoms with Crippen molar-refractivity contribution in [1.82, 2.24) is 0 Å². The SMILES string of the molecule is C=CC(C=C)CCO[Si]c1cccc2ccccc12. The van der Waals surface area contributed by atoms with E-state index in [0.717, 1.165) is 13.0 Å². The van der Waals surface area contributed by atoms with Gasteiger partial charge in [-0.05, 0) is 28.3 Å². The van der Waals surface area contributed by atoms with Gasteiger partial charge in [0.1, 0.15) is 0 Å². The molecule has 0 aliphatic carbocycles. The zero-order valence-electron chi connectivity index (χ0n) is 11.0. The largest absolute Gasteiger partial charge is 0.411 e. The fourth-order valence-electron chi connectivity index (χ4n) is 1.97. The van der Waals surface area contributed by atoms with Crippen LogP contribution in [0.15, 0.2) is 67.8 Å². The topological polar surface area (TPSA) is 9.23 Å². The standard InChI is InChI=1S/C17H18OSi/c1-3-14(4-2)12-13-18-19-17-11-7-9-15-8-5-6-10-16(15)17/h3-11,14H,1-2,12-13H2. The summed E-state index contributed by atoms with van der Waals surface area (Å²) in [5.74, 6) is 0.345. The molecule has 96 valence electrons. The van der Waals surface area contributed by atoms with Gasteiger partial charge in [0, 0.05) is 6.61 Å². The third-order valence-electron chi connectivity index (χ3n) is 3.13. The minimum atomic E-state index is 0.345. The first-order valence-electron chi connectivity index (χ1n) is 6.46. The molecule has 2 heteroatoms. The minimum absolute atomic E-state index is 0.345. The number of hydrogen-bond acceptors (Lipinski definition) is 1. The van der Waals surface area contributed by atoms with Gasteiger partial charge in [0.05, 0.1) is 0 Å². The second-order valence-electron chi connectivity index (χ2n) is 4.40. The molecule has 0 bridgehead atoms. The summed E-state index contributed by atoms with van der Waals surface area (Å²) in [6.45, 7) is 8.31. The van der Waals surface area contributed by atoms with Crippen LogP contribution in [0.4, 0.5) is 0 Å². The predicted molar refractivity (Wildman–Crippen MR) is 83.8 cm³/mol. The molecule has 0 aliphatic rings. The van der Waals surface area contributed by atoms with Gasteiger partial charge in [0.15, 0.2) is 0 Å². The van der Waals surface area contributed by atoms with Gasteiger partial charge in [-0.3, -0.25) is 0 Å². The number of allylic oxidation sites excluding steroid dienone is 2. The molecule has 2 aromatic carbocycles. The van der Waals surface area contributed by atoms with E-state index in [-0.39, 0.29) is 0 Å². The molecule has 0 unspecified atom stereocenters. The highest BCUT2D eigenvalue weighted by atomic mass is 28.2. The molecule has 2 radical (unpaired) electrons. The van der Waals surface area contributed by atoms with Gasteiger partial charge in [0.2, 0.25) is 0 Å². The van der Waals surface area contributed by atoms with E-state index in [0.29, 0.717) is 15.7 Å². The molecule has 0 amide bonds. The molecule has 0 heterocycles. The highest BCUT2D eigenvalue weighted by molar-refractivity contribution is 6.51. The Kier molecular flexibility index (Phi) is 5.13. The van der Waals surface area contributed by atoms with Crippen LogP contribution in [0, 0.1) is 5.92 Å². The smallest absolute Gasteiger partial charge is 0.269 e. The highest BCUT2D eigenvalue weighted by Gasteiger charge is 2.03. The van der Waals surface area contributed by atoms with Gasteiger partial charge in [-0.25, -0.2) is 0 Å². The quantitative estimate of drug-likeness (QED) is 0.423.